The van der Waals surface area contributed by atoms with Gasteiger partial charge >= 0.3 is 0 Å². The summed E-state index contributed by atoms with van der Waals surface area (Å²) in [5.74, 6) is 0.228. The van der Waals surface area contributed by atoms with Gasteiger partial charge in [0.1, 0.15) is 0 Å². The Morgan fingerprint density at radius 3 is 2.70 bits per heavy atom. The van der Waals surface area contributed by atoms with E-state index in [0.717, 1.165) is 18.5 Å². The summed E-state index contributed by atoms with van der Waals surface area (Å²) < 4.78 is 1.84. The molecule has 1 aromatic carbocycles. The fraction of sp³-hybridized carbons (Fsp3) is 0.333. The van der Waals surface area contributed by atoms with Crippen LogP contribution in [-0.4, -0.2) is 33.7 Å². The van der Waals surface area contributed by atoms with Crippen LogP contribution in [0.3, 0.4) is 0 Å². The van der Waals surface area contributed by atoms with Crippen molar-refractivity contribution < 1.29 is 4.79 Å². The summed E-state index contributed by atoms with van der Waals surface area (Å²) in [4.78, 5) is 13.8. The lowest BCUT2D eigenvalue weighted by Gasteiger charge is -2.24. The zero-order chi connectivity index (χ0) is 13.9. The lowest BCUT2D eigenvalue weighted by Crippen LogP contribution is -2.32. The maximum absolute atomic E-state index is 11.8. The number of nitrogens with zero attached hydrogens (tertiary/aromatic N) is 3. The van der Waals surface area contributed by atoms with Crippen LogP contribution in [0.5, 0.6) is 0 Å². The molecule has 0 aliphatic carbocycles. The molecule has 0 saturated carbocycles. The molecule has 2 heterocycles. The summed E-state index contributed by atoms with van der Waals surface area (Å²) in [6.07, 6.45) is 5.06. The van der Waals surface area contributed by atoms with Crippen LogP contribution in [0.1, 0.15) is 24.4 Å². The highest BCUT2D eigenvalue weighted by molar-refractivity contribution is 5.78. The molecule has 104 valence electrons. The Balaban J connectivity index is 1.89. The summed E-state index contributed by atoms with van der Waals surface area (Å²) in [5, 5.41) is 4.31. The zero-order valence-electron chi connectivity index (χ0n) is 11.3. The molecule has 1 atom stereocenters. The molecule has 5 nitrogen and oxygen atoms in total. The van der Waals surface area contributed by atoms with Gasteiger partial charge in [0, 0.05) is 25.7 Å². The third-order valence-electron chi connectivity index (χ3n) is 3.69. The predicted molar refractivity (Wildman–Crippen MR) is 77.0 cm³/mol. The fourth-order valence-corrected chi connectivity index (χ4v) is 2.65. The molecule has 3 rings (SSSR count). The van der Waals surface area contributed by atoms with Gasteiger partial charge in [-0.25, -0.2) is 0 Å². The Hall–Kier alpha value is -2.30. The number of nitrogen functional groups attached to an aromatic ring is 1. The van der Waals surface area contributed by atoms with Gasteiger partial charge < -0.3 is 10.6 Å². The van der Waals surface area contributed by atoms with E-state index < -0.39 is 0 Å². The molecule has 0 bridgehead atoms. The molecular formula is C15H18N4O. The van der Waals surface area contributed by atoms with Crippen molar-refractivity contribution in [2.75, 3.05) is 18.8 Å². The third-order valence-corrected chi connectivity index (χ3v) is 3.69. The van der Waals surface area contributed by atoms with E-state index >= 15 is 0 Å². The van der Waals surface area contributed by atoms with Crippen molar-refractivity contribution in [1.82, 2.24) is 14.7 Å². The minimum atomic E-state index is 0.00977. The number of carbonyl (C=O) groups excluding carboxylic acids is 1. The monoisotopic (exact) mass is 270 g/mol. The number of nitrogens with two attached hydrogens (primary N) is 1. The average molecular weight is 270 g/mol. The zero-order valence-corrected chi connectivity index (χ0v) is 11.3. The van der Waals surface area contributed by atoms with Crippen molar-refractivity contribution in [2.24, 2.45) is 0 Å². The number of hydrogen-bond acceptors (Lipinski definition) is 3. The van der Waals surface area contributed by atoms with E-state index in [0.29, 0.717) is 18.7 Å². The lowest BCUT2D eigenvalue weighted by molar-refractivity contribution is -0.128. The number of benzene rings is 1. The van der Waals surface area contributed by atoms with Gasteiger partial charge in [0.25, 0.3) is 0 Å². The van der Waals surface area contributed by atoms with Gasteiger partial charge in [0.2, 0.25) is 5.91 Å². The minimum absolute atomic E-state index is 0.00977. The summed E-state index contributed by atoms with van der Waals surface area (Å²) in [7, 11) is 0. The molecule has 1 amide bonds. The van der Waals surface area contributed by atoms with Crippen LogP contribution in [-0.2, 0) is 4.79 Å². The maximum Gasteiger partial charge on any atom is 0.222 e. The second-order valence-corrected chi connectivity index (χ2v) is 5.12. The summed E-state index contributed by atoms with van der Waals surface area (Å²) in [6.45, 7) is 1.48. The van der Waals surface area contributed by atoms with Crippen molar-refractivity contribution in [3.63, 3.8) is 0 Å². The molecule has 1 aromatic heterocycles. The van der Waals surface area contributed by atoms with Gasteiger partial charge in [-0.1, -0.05) is 30.3 Å². The van der Waals surface area contributed by atoms with E-state index in [1.54, 1.807) is 6.20 Å². The van der Waals surface area contributed by atoms with Crippen molar-refractivity contribution >= 4 is 11.6 Å². The number of hydrogen-bond donors (Lipinski definition) is 1. The molecular weight excluding hydrogens is 252 g/mol. The summed E-state index contributed by atoms with van der Waals surface area (Å²) >= 11 is 0. The number of rotatable bonds is 4. The smallest absolute Gasteiger partial charge is 0.222 e. The molecule has 0 radical (unpaired) electrons. The van der Waals surface area contributed by atoms with Crippen LogP contribution in [0.2, 0.25) is 0 Å². The van der Waals surface area contributed by atoms with E-state index in [1.807, 2.05) is 34.0 Å². The van der Waals surface area contributed by atoms with Gasteiger partial charge in [-0.15, -0.1) is 0 Å². The fourth-order valence-electron chi connectivity index (χ4n) is 2.65. The lowest BCUT2D eigenvalue weighted by atomic mass is 10.1. The first-order valence-electron chi connectivity index (χ1n) is 6.86. The van der Waals surface area contributed by atoms with Crippen LogP contribution < -0.4 is 5.73 Å². The Morgan fingerprint density at radius 1 is 1.30 bits per heavy atom. The van der Waals surface area contributed by atoms with Crippen LogP contribution >= 0.6 is 0 Å². The maximum atomic E-state index is 11.8. The van der Waals surface area contributed by atoms with Gasteiger partial charge in [-0.05, 0) is 12.0 Å². The highest BCUT2D eigenvalue weighted by Gasteiger charge is 2.25. The molecule has 1 fully saturated rings. The van der Waals surface area contributed by atoms with Crippen LogP contribution in [0, 0.1) is 0 Å². The van der Waals surface area contributed by atoms with E-state index in [4.69, 9.17) is 5.73 Å². The minimum Gasteiger partial charge on any atom is -0.396 e. The Bertz CT molecular complexity index is 593. The number of amides is 1. The Kier molecular flexibility index (Phi) is 3.41. The largest absolute Gasteiger partial charge is 0.396 e. The van der Waals surface area contributed by atoms with Crippen molar-refractivity contribution in [2.45, 2.75) is 18.9 Å². The third kappa shape index (κ3) is 2.52. The van der Waals surface area contributed by atoms with Crippen molar-refractivity contribution in [1.29, 1.82) is 0 Å². The van der Waals surface area contributed by atoms with Crippen LogP contribution in [0.25, 0.3) is 0 Å². The second kappa shape index (κ2) is 5.36. The average Bonchev–Trinajstić information content (AvgIpc) is 3.06. The Labute approximate surface area is 118 Å². The highest BCUT2D eigenvalue weighted by Crippen LogP contribution is 2.22. The molecule has 5 heteroatoms. The molecule has 1 unspecified atom stereocenters. The molecule has 1 aliphatic rings. The predicted octanol–water partition coefficient (Wildman–Crippen LogP) is 1.68. The van der Waals surface area contributed by atoms with Crippen LogP contribution in [0.4, 0.5) is 5.69 Å². The standard InChI is InChI=1S/C15H18N4O/c16-13-9-17-19(10-13)14(12-5-2-1-3-6-12)11-18-8-4-7-15(18)20/h1-3,5-6,9-10,14H,4,7-8,11,16H2. The van der Waals surface area contributed by atoms with Crippen molar-refractivity contribution in [3.05, 3.63) is 48.3 Å². The van der Waals surface area contributed by atoms with Gasteiger partial charge in [-0.3, -0.25) is 9.48 Å². The molecule has 1 aliphatic heterocycles. The first kappa shape index (κ1) is 12.7. The van der Waals surface area contributed by atoms with Crippen molar-refractivity contribution in [3.8, 4) is 0 Å². The van der Waals surface area contributed by atoms with E-state index in [-0.39, 0.29) is 11.9 Å². The number of anilines is 1. The van der Waals surface area contributed by atoms with Gasteiger partial charge in [-0.2, -0.15) is 5.10 Å². The Morgan fingerprint density at radius 2 is 2.10 bits per heavy atom. The number of aromatic nitrogens is 2. The SMILES string of the molecule is Nc1cnn(C(CN2CCCC2=O)c2ccccc2)c1. The molecule has 0 spiro atoms. The quantitative estimate of drug-likeness (QED) is 0.919. The van der Waals surface area contributed by atoms with E-state index in [2.05, 4.69) is 17.2 Å². The summed E-state index contributed by atoms with van der Waals surface area (Å²) in [6, 6.07) is 10.1. The first-order valence-corrected chi connectivity index (χ1v) is 6.86. The van der Waals surface area contributed by atoms with E-state index in [1.165, 1.54) is 0 Å². The van der Waals surface area contributed by atoms with E-state index in [9.17, 15) is 4.79 Å². The summed E-state index contributed by atoms with van der Waals surface area (Å²) in [5.41, 5.74) is 7.54. The van der Waals surface area contributed by atoms with Crippen LogP contribution in [0.15, 0.2) is 42.7 Å². The molecule has 1 saturated heterocycles. The molecule has 2 N–H and O–H groups in total. The number of carbonyl (C=O) groups is 1. The van der Waals surface area contributed by atoms with Gasteiger partial charge in [0.15, 0.2) is 0 Å². The topological polar surface area (TPSA) is 64.2 Å². The first-order chi connectivity index (χ1) is 9.74. The number of likely N-dealkylation sites (tertiary alicyclic amines) is 1. The molecule has 20 heavy (non-hydrogen) atoms. The highest BCUT2D eigenvalue weighted by atomic mass is 16.2. The second-order valence-electron chi connectivity index (χ2n) is 5.12. The molecule has 2 aromatic rings. The van der Waals surface area contributed by atoms with Gasteiger partial charge in [0.05, 0.1) is 17.9 Å². The normalized spacial score (nSPS) is 16.6.